The van der Waals surface area contributed by atoms with E-state index in [1.807, 2.05) is 12.1 Å². The van der Waals surface area contributed by atoms with Crippen molar-refractivity contribution in [2.45, 2.75) is 44.8 Å². The van der Waals surface area contributed by atoms with Crippen LogP contribution in [-0.2, 0) is 0 Å². The molecule has 0 bridgehead atoms. The fourth-order valence-corrected chi connectivity index (χ4v) is 2.84. The van der Waals surface area contributed by atoms with E-state index < -0.39 is 12.7 Å². The van der Waals surface area contributed by atoms with Crippen molar-refractivity contribution in [2.24, 2.45) is 0 Å². The van der Waals surface area contributed by atoms with Gasteiger partial charge in [-0.2, -0.15) is 13.2 Å². The molecule has 0 unspecified atom stereocenters. The molecule has 0 atom stereocenters. The Morgan fingerprint density at radius 3 is 2.38 bits per heavy atom. The second-order valence-corrected chi connectivity index (χ2v) is 6.05. The van der Waals surface area contributed by atoms with E-state index in [2.05, 4.69) is 31.3 Å². The number of likely N-dealkylation sites (tertiary alicyclic amines) is 1. The lowest BCUT2D eigenvalue weighted by molar-refractivity contribution is -0.147. The van der Waals surface area contributed by atoms with Gasteiger partial charge in [0.15, 0.2) is 0 Å². The third-order valence-electron chi connectivity index (χ3n) is 3.93. The number of nitrogens with zero attached hydrogens (tertiary/aromatic N) is 1. The molecule has 1 heterocycles. The van der Waals surface area contributed by atoms with E-state index in [0.29, 0.717) is 19.0 Å². The summed E-state index contributed by atoms with van der Waals surface area (Å²) in [6.07, 6.45) is -2.59. The number of alkyl halides is 3. The standard InChI is InChI=1S/C16H23F3N2/c1-12(2)14-5-3-4-6-15(14)20-13-7-9-21(10-8-13)11-16(17,18)19/h3-6,12-13,20H,7-11H2,1-2H3. The monoisotopic (exact) mass is 300 g/mol. The summed E-state index contributed by atoms with van der Waals surface area (Å²) in [5.41, 5.74) is 2.37. The quantitative estimate of drug-likeness (QED) is 0.894. The summed E-state index contributed by atoms with van der Waals surface area (Å²) in [4.78, 5) is 1.49. The number of nitrogens with one attached hydrogen (secondary N) is 1. The summed E-state index contributed by atoms with van der Waals surface area (Å²) in [7, 11) is 0. The molecule has 0 aliphatic carbocycles. The molecule has 0 radical (unpaired) electrons. The van der Waals surface area contributed by atoms with Crippen LogP contribution in [0.25, 0.3) is 0 Å². The van der Waals surface area contributed by atoms with E-state index in [9.17, 15) is 13.2 Å². The smallest absolute Gasteiger partial charge is 0.382 e. The molecule has 1 aliphatic rings. The Balaban J connectivity index is 1.89. The first-order valence-corrected chi connectivity index (χ1v) is 7.50. The molecular formula is C16H23F3N2. The van der Waals surface area contributed by atoms with Crippen molar-refractivity contribution in [1.29, 1.82) is 0 Å². The van der Waals surface area contributed by atoms with Gasteiger partial charge in [0.1, 0.15) is 0 Å². The topological polar surface area (TPSA) is 15.3 Å². The number of rotatable bonds is 4. The number of anilines is 1. The van der Waals surface area contributed by atoms with Crippen molar-refractivity contribution in [3.8, 4) is 0 Å². The second-order valence-electron chi connectivity index (χ2n) is 6.05. The number of hydrogen-bond donors (Lipinski definition) is 1. The first-order chi connectivity index (χ1) is 9.85. The van der Waals surface area contributed by atoms with Gasteiger partial charge < -0.3 is 5.32 Å². The third kappa shape index (κ3) is 4.92. The first-order valence-electron chi connectivity index (χ1n) is 7.50. The lowest BCUT2D eigenvalue weighted by Crippen LogP contribution is -2.43. The highest BCUT2D eigenvalue weighted by molar-refractivity contribution is 5.53. The minimum atomic E-state index is -4.09. The zero-order valence-corrected chi connectivity index (χ0v) is 12.6. The average Bonchev–Trinajstić information content (AvgIpc) is 2.40. The molecule has 1 aromatic carbocycles. The number of para-hydroxylation sites is 1. The van der Waals surface area contributed by atoms with Crippen LogP contribution < -0.4 is 5.32 Å². The van der Waals surface area contributed by atoms with Crippen molar-refractivity contribution in [3.05, 3.63) is 29.8 Å². The van der Waals surface area contributed by atoms with Crippen LogP contribution in [0.3, 0.4) is 0 Å². The summed E-state index contributed by atoms with van der Waals surface area (Å²) in [5, 5.41) is 3.51. The lowest BCUT2D eigenvalue weighted by atomic mass is 9.99. The van der Waals surface area contributed by atoms with Gasteiger partial charge in [0.05, 0.1) is 6.54 Å². The minimum absolute atomic E-state index is 0.259. The second kappa shape index (κ2) is 6.69. The molecule has 21 heavy (non-hydrogen) atoms. The summed E-state index contributed by atoms with van der Waals surface area (Å²) in [5.74, 6) is 0.430. The molecular weight excluding hydrogens is 277 g/mol. The fraction of sp³-hybridized carbons (Fsp3) is 0.625. The van der Waals surface area contributed by atoms with E-state index in [0.717, 1.165) is 18.5 Å². The van der Waals surface area contributed by atoms with Gasteiger partial charge in [-0.25, -0.2) is 0 Å². The van der Waals surface area contributed by atoms with Crippen LogP contribution in [0, 0.1) is 0 Å². The van der Waals surface area contributed by atoms with Gasteiger partial charge in [0.2, 0.25) is 0 Å². The number of hydrogen-bond acceptors (Lipinski definition) is 2. The maximum absolute atomic E-state index is 12.4. The molecule has 0 saturated carbocycles. The van der Waals surface area contributed by atoms with Crippen LogP contribution in [0.2, 0.25) is 0 Å². The van der Waals surface area contributed by atoms with Crippen molar-refractivity contribution in [3.63, 3.8) is 0 Å². The van der Waals surface area contributed by atoms with Crippen molar-refractivity contribution in [1.82, 2.24) is 4.90 Å². The Bertz CT molecular complexity index is 449. The molecule has 0 aromatic heterocycles. The highest BCUT2D eigenvalue weighted by Gasteiger charge is 2.32. The van der Waals surface area contributed by atoms with E-state index in [4.69, 9.17) is 0 Å². The Morgan fingerprint density at radius 1 is 1.19 bits per heavy atom. The summed E-state index contributed by atoms with van der Waals surface area (Å²) < 4.78 is 37.1. The van der Waals surface area contributed by atoms with E-state index in [1.165, 1.54) is 10.5 Å². The van der Waals surface area contributed by atoms with E-state index >= 15 is 0 Å². The number of halogens is 3. The SMILES string of the molecule is CC(C)c1ccccc1NC1CCN(CC(F)(F)F)CC1. The molecule has 1 N–H and O–H groups in total. The predicted octanol–water partition coefficient (Wildman–Crippen LogP) is 4.25. The van der Waals surface area contributed by atoms with Gasteiger partial charge in [0.25, 0.3) is 0 Å². The molecule has 1 saturated heterocycles. The van der Waals surface area contributed by atoms with Gasteiger partial charge in [-0.05, 0) is 30.4 Å². The molecule has 1 aliphatic heterocycles. The zero-order valence-electron chi connectivity index (χ0n) is 12.6. The molecule has 1 fully saturated rings. The zero-order chi connectivity index (χ0) is 15.5. The Labute approximate surface area is 124 Å². The van der Waals surface area contributed by atoms with Crippen LogP contribution in [0.5, 0.6) is 0 Å². The molecule has 118 valence electrons. The molecule has 5 heteroatoms. The van der Waals surface area contributed by atoms with Gasteiger partial charge in [0, 0.05) is 24.8 Å². The highest BCUT2D eigenvalue weighted by atomic mass is 19.4. The van der Waals surface area contributed by atoms with Crippen molar-refractivity contribution < 1.29 is 13.2 Å². The van der Waals surface area contributed by atoms with E-state index in [-0.39, 0.29) is 6.04 Å². The third-order valence-corrected chi connectivity index (χ3v) is 3.93. The molecule has 0 amide bonds. The maximum atomic E-state index is 12.4. The van der Waals surface area contributed by atoms with Gasteiger partial charge in [-0.3, -0.25) is 4.90 Å². The van der Waals surface area contributed by atoms with E-state index in [1.54, 1.807) is 0 Å². The number of piperidine rings is 1. The maximum Gasteiger partial charge on any atom is 0.401 e. The minimum Gasteiger partial charge on any atom is -0.382 e. The van der Waals surface area contributed by atoms with Crippen molar-refractivity contribution >= 4 is 5.69 Å². The largest absolute Gasteiger partial charge is 0.401 e. The molecule has 2 nitrogen and oxygen atoms in total. The van der Waals surface area contributed by atoms with Crippen LogP contribution in [-0.4, -0.2) is 36.8 Å². The van der Waals surface area contributed by atoms with Gasteiger partial charge in [-0.15, -0.1) is 0 Å². The van der Waals surface area contributed by atoms with Gasteiger partial charge >= 0.3 is 6.18 Å². The van der Waals surface area contributed by atoms with Crippen molar-refractivity contribution in [2.75, 3.05) is 25.0 Å². The molecule has 0 spiro atoms. The van der Waals surface area contributed by atoms with Crippen LogP contribution in [0.1, 0.15) is 38.2 Å². The molecule has 2 rings (SSSR count). The lowest BCUT2D eigenvalue weighted by Gasteiger charge is -2.33. The van der Waals surface area contributed by atoms with Crippen LogP contribution in [0.4, 0.5) is 18.9 Å². The Morgan fingerprint density at radius 2 is 1.81 bits per heavy atom. The summed E-state index contributed by atoms with van der Waals surface area (Å²) in [6, 6.07) is 8.43. The normalized spacial score (nSPS) is 18.2. The average molecular weight is 300 g/mol. The summed E-state index contributed by atoms with van der Waals surface area (Å²) in [6.45, 7) is 4.50. The first kappa shape index (κ1) is 16.1. The summed E-state index contributed by atoms with van der Waals surface area (Å²) >= 11 is 0. The highest BCUT2D eigenvalue weighted by Crippen LogP contribution is 2.26. The van der Waals surface area contributed by atoms with Crippen LogP contribution in [0.15, 0.2) is 24.3 Å². The van der Waals surface area contributed by atoms with Crippen LogP contribution >= 0.6 is 0 Å². The predicted molar refractivity (Wildman–Crippen MR) is 79.7 cm³/mol. The van der Waals surface area contributed by atoms with Gasteiger partial charge in [-0.1, -0.05) is 32.0 Å². The Kier molecular flexibility index (Phi) is 5.14. The Hall–Kier alpha value is -1.23. The number of benzene rings is 1. The fourth-order valence-electron chi connectivity index (χ4n) is 2.84. The molecule has 1 aromatic rings.